The highest BCUT2D eigenvalue weighted by molar-refractivity contribution is 5.53. The number of anilines is 1. The van der Waals surface area contributed by atoms with Crippen LogP contribution in [-0.4, -0.2) is 32.3 Å². The fourth-order valence-electron chi connectivity index (χ4n) is 2.25. The van der Waals surface area contributed by atoms with Crippen LogP contribution in [0.4, 0.5) is 5.69 Å². The second-order valence-electron chi connectivity index (χ2n) is 7.17. The van der Waals surface area contributed by atoms with Crippen LogP contribution in [-0.2, 0) is 11.3 Å². The fourth-order valence-corrected chi connectivity index (χ4v) is 2.25. The van der Waals surface area contributed by atoms with Gasteiger partial charge in [-0.2, -0.15) is 0 Å². The smallest absolute Gasteiger partial charge is 0.0641 e. The molecule has 1 aliphatic carbocycles. The zero-order chi connectivity index (χ0) is 15.3. The van der Waals surface area contributed by atoms with Crippen LogP contribution in [0.15, 0.2) is 24.3 Å². The quantitative estimate of drug-likeness (QED) is 0.742. The molecule has 21 heavy (non-hydrogen) atoms. The summed E-state index contributed by atoms with van der Waals surface area (Å²) >= 11 is 0. The van der Waals surface area contributed by atoms with Crippen molar-refractivity contribution in [3.63, 3.8) is 0 Å². The standard InChI is InChI=1S/C18H30N2O/c1-18(2,3)19-13-16-7-5-6-8-17(16)20(4)11-12-21-14-15-9-10-15/h5-8,15,19H,9-14H2,1-4H3. The zero-order valence-electron chi connectivity index (χ0n) is 14.0. The number of hydrogen-bond acceptors (Lipinski definition) is 3. The van der Waals surface area contributed by atoms with Crippen molar-refractivity contribution in [3.05, 3.63) is 29.8 Å². The molecule has 3 heteroatoms. The Kier molecular flexibility index (Phi) is 5.65. The molecular formula is C18H30N2O. The molecule has 0 unspecified atom stereocenters. The second-order valence-corrected chi connectivity index (χ2v) is 7.17. The van der Waals surface area contributed by atoms with Gasteiger partial charge < -0.3 is 15.0 Å². The molecule has 1 saturated carbocycles. The molecule has 0 bridgehead atoms. The molecule has 0 heterocycles. The highest BCUT2D eigenvalue weighted by atomic mass is 16.5. The Morgan fingerprint density at radius 1 is 1.24 bits per heavy atom. The highest BCUT2D eigenvalue weighted by Gasteiger charge is 2.21. The average Bonchev–Trinajstić information content (AvgIpc) is 3.25. The Balaban J connectivity index is 1.84. The van der Waals surface area contributed by atoms with Crippen LogP contribution < -0.4 is 10.2 Å². The van der Waals surface area contributed by atoms with Gasteiger partial charge in [0.05, 0.1) is 6.61 Å². The summed E-state index contributed by atoms with van der Waals surface area (Å²) in [6.45, 7) is 10.2. The SMILES string of the molecule is CN(CCOCC1CC1)c1ccccc1CNC(C)(C)C. The first-order valence-corrected chi connectivity index (χ1v) is 8.07. The summed E-state index contributed by atoms with van der Waals surface area (Å²) in [4.78, 5) is 2.30. The number of ether oxygens (including phenoxy) is 1. The van der Waals surface area contributed by atoms with Gasteiger partial charge in [0.25, 0.3) is 0 Å². The van der Waals surface area contributed by atoms with Gasteiger partial charge in [0, 0.05) is 38.0 Å². The minimum atomic E-state index is 0.138. The number of rotatable bonds is 8. The van der Waals surface area contributed by atoms with Crippen LogP contribution in [0.2, 0.25) is 0 Å². The molecule has 118 valence electrons. The molecular weight excluding hydrogens is 260 g/mol. The van der Waals surface area contributed by atoms with E-state index in [1.54, 1.807) is 0 Å². The van der Waals surface area contributed by atoms with E-state index in [1.807, 2.05) is 0 Å². The maximum absolute atomic E-state index is 5.75. The maximum atomic E-state index is 5.75. The number of likely N-dealkylation sites (N-methyl/N-ethyl adjacent to an activating group) is 1. The molecule has 0 saturated heterocycles. The lowest BCUT2D eigenvalue weighted by Gasteiger charge is -2.25. The first-order valence-electron chi connectivity index (χ1n) is 8.07. The van der Waals surface area contributed by atoms with Crippen molar-refractivity contribution >= 4 is 5.69 Å². The Labute approximate surface area is 129 Å². The topological polar surface area (TPSA) is 24.5 Å². The predicted molar refractivity (Wildman–Crippen MR) is 89.8 cm³/mol. The minimum absolute atomic E-state index is 0.138. The Hall–Kier alpha value is -1.06. The van der Waals surface area contributed by atoms with Crippen LogP contribution in [0.5, 0.6) is 0 Å². The molecule has 0 spiro atoms. The van der Waals surface area contributed by atoms with Crippen molar-refractivity contribution in [2.24, 2.45) is 5.92 Å². The molecule has 0 aromatic heterocycles. The van der Waals surface area contributed by atoms with Gasteiger partial charge in [0.2, 0.25) is 0 Å². The summed E-state index contributed by atoms with van der Waals surface area (Å²) in [6, 6.07) is 8.62. The maximum Gasteiger partial charge on any atom is 0.0641 e. The molecule has 1 N–H and O–H groups in total. The lowest BCUT2D eigenvalue weighted by Crippen LogP contribution is -2.35. The van der Waals surface area contributed by atoms with E-state index in [0.29, 0.717) is 0 Å². The third kappa shape index (κ3) is 6.06. The van der Waals surface area contributed by atoms with Gasteiger partial charge in [-0.25, -0.2) is 0 Å². The van der Waals surface area contributed by atoms with E-state index in [-0.39, 0.29) is 5.54 Å². The largest absolute Gasteiger partial charge is 0.379 e. The van der Waals surface area contributed by atoms with Crippen molar-refractivity contribution in [3.8, 4) is 0 Å². The summed E-state index contributed by atoms with van der Waals surface area (Å²) in [7, 11) is 2.15. The minimum Gasteiger partial charge on any atom is -0.379 e. The number of para-hydroxylation sites is 1. The van der Waals surface area contributed by atoms with Gasteiger partial charge in [0.15, 0.2) is 0 Å². The molecule has 1 aromatic rings. The second kappa shape index (κ2) is 7.28. The van der Waals surface area contributed by atoms with Crippen LogP contribution in [0.3, 0.4) is 0 Å². The number of benzene rings is 1. The van der Waals surface area contributed by atoms with Crippen LogP contribution in [0, 0.1) is 5.92 Å². The molecule has 0 aliphatic heterocycles. The Morgan fingerprint density at radius 3 is 2.62 bits per heavy atom. The molecule has 1 fully saturated rings. The van der Waals surface area contributed by atoms with E-state index in [9.17, 15) is 0 Å². The molecule has 0 amide bonds. The summed E-state index contributed by atoms with van der Waals surface area (Å²) in [6.07, 6.45) is 2.72. The highest BCUT2D eigenvalue weighted by Crippen LogP contribution is 2.28. The number of hydrogen-bond donors (Lipinski definition) is 1. The van der Waals surface area contributed by atoms with Gasteiger partial charge in [-0.15, -0.1) is 0 Å². The molecule has 3 nitrogen and oxygen atoms in total. The zero-order valence-corrected chi connectivity index (χ0v) is 14.0. The van der Waals surface area contributed by atoms with E-state index >= 15 is 0 Å². The van der Waals surface area contributed by atoms with Gasteiger partial charge in [-0.3, -0.25) is 0 Å². The van der Waals surface area contributed by atoms with E-state index in [4.69, 9.17) is 4.74 Å². The number of nitrogens with zero attached hydrogens (tertiary/aromatic N) is 1. The number of nitrogens with one attached hydrogen (secondary N) is 1. The van der Waals surface area contributed by atoms with Crippen LogP contribution in [0.25, 0.3) is 0 Å². The van der Waals surface area contributed by atoms with Crippen molar-refractivity contribution in [2.75, 3.05) is 31.7 Å². The van der Waals surface area contributed by atoms with E-state index in [0.717, 1.165) is 32.2 Å². The average molecular weight is 290 g/mol. The first kappa shape index (κ1) is 16.3. The van der Waals surface area contributed by atoms with E-state index < -0.39 is 0 Å². The Morgan fingerprint density at radius 2 is 1.95 bits per heavy atom. The van der Waals surface area contributed by atoms with Gasteiger partial charge >= 0.3 is 0 Å². The molecule has 2 rings (SSSR count). The summed E-state index contributed by atoms with van der Waals surface area (Å²) in [5, 5.41) is 3.57. The lowest BCUT2D eigenvalue weighted by molar-refractivity contribution is 0.131. The molecule has 1 aliphatic rings. The normalized spacial score (nSPS) is 15.2. The summed E-state index contributed by atoms with van der Waals surface area (Å²) in [5.41, 5.74) is 2.78. The van der Waals surface area contributed by atoms with Gasteiger partial charge in [-0.1, -0.05) is 18.2 Å². The van der Waals surface area contributed by atoms with Crippen LogP contribution >= 0.6 is 0 Å². The van der Waals surface area contributed by atoms with Crippen molar-refractivity contribution < 1.29 is 4.74 Å². The lowest BCUT2D eigenvalue weighted by atomic mass is 10.1. The summed E-state index contributed by atoms with van der Waals surface area (Å²) in [5.74, 6) is 0.846. The molecule has 0 radical (unpaired) electrons. The molecule has 1 aromatic carbocycles. The third-order valence-electron chi connectivity index (χ3n) is 3.83. The van der Waals surface area contributed by atoms with E-state index in [1.165, 1.54) is 24.1 Å². The van der Waals surface area contributed by atoms with Gasteiger partial charge in [0.1, 0.15) is 0 Å². The third-order valence-corrected chi connectivity index (χ3v) is 3.83. The van der Waals surface area contributed by atoms with E-state index in [2.05, 4.69) is 62.3 Å². The van der Waals surface area contributed by atoms with Gasteiger partial charge in [-0.05, 0) is 51.2 Å². The first-order chi connectivity index (χ1) is 9.96. The summed E-state index contributed by atoms with van der Waals surface area (Å²) < 4.78 is 5.75. The predicted octanol–water partition coefficient (Wildman–Crippen LogP) is 3.44. The fraction of sp³-hybridized carbons (Fsp3) is 0.667. The van der Waals surface area contributed by atoms with Crippen molar-refractivity contribution in [2.45, 2.75) is 45.7 Å². The molecule has 0 atom stereocenters. The van der Waals surface area contributed by atoms with Crippen molar-refractivity contribution in [1.82, 2.24) is 5.32 Å². The van der Waals surface area contributed by atoms with Crippen LogP contribution in [0.1, 0.15) is 39.2 Å². The Bertz CT molecular complexity index is 435. The monoisotopic (exact) mass is 290 g/mol. The van der Waals surface area contributed by atoms with Crippen molar-refractivity contribution in [1.29, 1.82) is 0 Å².